The molecular formula is C10H15NO3S. The molecule has 84 valence electrons. The molecule has 0 saturated carbocycles. The predicted molar refractivity (Wildman–Crippen MR) is 58.7 cm³/mol. The molecule has 1 aromatic rings. The minimum absolute atomic E-state index is 0.178. The lowest BCUT2D eigenvalue weighted by molar-refractivity contribution is -0.159. The lowest BCUT2D eigenvalue weighted by atomic mass is 10.1. The molecule has 1 unspecified atom stereocenters. The number of ether oxygens (including phenoxy) is 1. The first kappa shape index (κ1) is 12.2. The van der Waals surface area contributed by atoms with Gasteiger partial charge in [0.2, 0.25) is 0 Å². The molecule has 0 radical (unpaired) electrons. The SMILES string of the molecule is COC(=O)C(C)(O)CNCc1cccs1. The van der Waals surface area contributed by atoms with Crippen molar-refractivity contribution in [3.8, 4) is 0 Å². The zero-order valence-electron chi connectivity index (χ0n) is 8.82. The minimum atomic E-state index is -1.47. The van der Waals surface area contributed by atoms with E-state index < -0.39 is 11.6 Å². The molecule has 15 heavy (non-hydrogen) atoms. The number of esters is 1. The van der Waals surface area contributed by atoms with Gasteiger partial charge in [-0.05, 0) is 18.4 Å². The number of thiophene rings is 1. The minimum Gasteiger partial charge on any atom is -0.467 e. The molecule has 2 N–H and O–H groups in total. The van der Waals surface area contributed by atoms with E-state index in [9.17, 15) is 9.90 Å². The highest BCUT2D eigenvalue weighted by atomic mass is 32.1. The molecule has 1 aromatic heterocycles. The van der Waals surface area contributed by atoms with Crippen molar-refractivity contribution in [2.45, 2.75) is 19.1 Å². The second-order valence-corrected chi connectivity index (χ2v) is 4.48. The van der Waals surface area contributed by atoms with Crippen molar-refractivity contribution in [2.24, 2.45) is 0 Å². The van der Waals surface area contributed by atoms with Crippen molar-refractivity contribution in [1.29, 1.82) is 0 Å². The molecule has 1 atom stereocenters. The fourth-order valence-corrected chi connectivity index (χ4v) is 1.81. The zero-order chi connectivity index (χ0) is 11.3. The summed E-state index contributed by atoms with van der Waals surface area (Å²) >= 11 is 1.63. The number of hydrogen-bond acceptors (Lipinski definition) is 5. The molecule has 0 bridgehead atoms. The number of hydrogen-bond donors (Lipinski definition) is 2. The van der Waals surface area contributed by atoms with Gasteiger partial charge in [-0.25, -0.2) is 4.79 Å². The van der Waals surface area contributed by atoms with E-state index in [1.807, 2.05) is 17.5 Å². The first-order chi connectivity index (χ1) is 7.06. The van der Waals surface area contributed by atoms with Crippen LogP contribution < -0.4 is 5.32 Å². The summed E-state index contributed by atoms with van der Waals surface area (Å²) < 4.78 is 4.48. The Balaban J connectivity index is 2.33. The summed E-state index contributed by atoms with van der Waals surface area (Å²) in [6.45, 7) is 2.25. The third-order valence-electron chi connectivity index (χ3n) is 1.97. The normalized spacial score (nSPS) is 14.6. The molecule has 0 aromatic carbocycles. The highest BCUT2D eigenvalue weighted by Crippen LogP contribution is 2.09. The van der Waals surface area contributed by atoms with Crippen LogP contribution in [0.15, 0.2) is 17.5 Å². The van der Waals surface area contributed by atoms with Gasteiger partial charge in [0.25, 0.3) is 0 Å². The van der Waals surface area contributed by atoms with E-state index in [0.717, 1.165) is 4.88 Å². The van der Waals surface area contributed by atoms with E-state index in [4.69, 9.17) is 0 Å². The fraction of sp³-hybridized carbons (Fsp3) is 0.500. The number of rotatable bonds is 5. The van der Waals surface area contributed by atoms with Crippen molar-refractivity contribution in [1.82, 2.24) is 5.32 Å². The number of aliphatic hydroxyl groups is 1. The molecule has 0 aliphatic carbocycles. The van der Waals surface area contributed by atoms with Gasteiger partial charge in [0.1, 0.15) is 0 Å². The van der Waals surface area contributed by atoms with E-state index in [-0.39, 0.29) is 6.54 Å². The highest BCUT2D eigenvalue weighted by Gasteiger charge is 2.30. The summed E-state index contributed by atoms with van der Waals surface area (Å²) in [6.07, 6.45) is 0. The summed E-state index contributed by atoms with van der Waals surface area (Å²) in [7, 11) is 1.26. The van der Waals surface area contributed by atoms with Crippen molar-refractivity contribution in [3.05, 3.63) is 22.4 Å². The number of carbonyl (C=O) groups excluding carboxylic acids is 1. The summed E-state index contributed by atoms with van der Waals surface area (Å²) in [5, 5.41) is 14.7. The van der Waals surface area contributed by atoms with Crippen LogP contribution in [-0.4, -0.2) is 30.3 Å². The predicted octanol–water partition coefficient (Wildman–Crippen LogP) is 0.762. The van der Waals surface area contributed by atoms with Gasteiger partial charge in [-0.15, -0.1) is 11.3 Å². The monoisotopic (exact) mass is 229 g/mol. The van der Waals surface area contributed by atoms with Crippen LogP contribution in [0.1, 0.15) is 11.8 Å². The lowest BCUT2D eigenvalue weighted by Crippen LogP contribution is -2.45. The van der Waals surface area contributed by atoms with Gasteiger partial charge in [0.15, 0.2) is 5.60 Å². The fourth-order valence-electron chi connectivity index (χ4n) is 1.13. The highest BCUT2D eigenvalue weighted by molar-refractivity contribution is 7.09. The molecule has 0 aliphatic rings. The molecule has 5 heteroatoms. The van der Waals surface area contributed by atoms with Gasteiger partial charge in [0, 0.05) is 18.0 Å². The average molecular weight is 229 g/mol. The standard InChI is InChI=1S/C10H15NO3S/c1-10(13,9(12)14-2)7-11-6-8-4-3-5-15-8/h3-5,11,13H,6-7H2,1-2H3. The summed E-state index contributed by atoms with van der Waals surface area (Å²) in [5.74, 6) is -0.624. The molecule has 0 saturated heterocycles. The molecule has 0 amide bonds. The maximum atomic E-state index is 11.1. The molecular weight excluding hydrogens is 214 g/mol. The van der Waals surface area contributed by atoms with Crippen LogP contribution in [0.2, 0.25) is 0 Å². The van der Waals surface area contributed by atoms with Crippen LogP contribution in [0, 0.1) is 0 Å². The Hall–Kier alpha value is -0.910. The molecule has 1 rings (SSSR count). The van der Waals surface area contributed by atoms with Crippen molar-refractivity contribution >= 4 is 17.3 Å². The van der Waals surface area contributed by atoms with E-state index >= 15 is 0 Å². The second-order valence-electron chi connectivity index (χ2n) is 3.45. The number of nitrogens with one attached hydrogen (secondary N) is 1. The van der Waals surface area contributed by atoms with Gasteiger partial charge < -0.3 is 15.2 Å². The van der Waals surface area contributed by atoms with Crippen molar-refractivity contribution < 1.29 is 14.6 Å². The van der Waals surface area contributed by atoms with Crippen LogP contribution >= 0.6 is 11.3 Å². The number of methoxy groups -OCH3 is 1. The Morgan fingerprint density at radius 2 is 2.47 bits per heavy atom. The largest absolute Gasteiger partial charge is 0.467 e. The van der Waals surface area contributed by atoms with Crippen molar-refractivity contribution in [2.75, 3.05) is 13.7 Å². The van der Waals surface area contributed by atoms with E-state index in [0.29, 0.717) is 6.54 Å². The Morgan fingerprint density at radius 1 is 1.73 bits per heavy atom. The Bertz CT molecular complexity index is 308. The van der Waals surface area contributed by atoms with E-state index in [1.165, 1.54) is 14.0 Å². The molecule has 0 spiro atoms. The van der Waals surface area contributed by atoms with Crippen LogP contribution in [0.4, 0.5) is 0 Å². The Morgan fingerprint density at radius 3 is 3.00 bits per heavy atom. The third-order valence-corrected chi connectivity index (χ3v) is 2.85. The molecule has 0 aliphatic heterocycles. The van der Waals surface area contributed by atoms with Gasteiger partial charge in [-0.3, -0.25) is 0 Å². The van der Waals surface area contributed by atoms with Gasteiger partial charge >= 0.3 is 5.97 Å². The van der Waals surface area contributed by atoms with E-state index in [1.54, 1.807) is 11.3 Å². The van der Waals surface area contributed by atoms with Crippen LogP contribution in [-0.2, 0) is 16.1 Å². The molecule has 0 fully saturated rings. The smallest absolute Gasteiger partial charge is 0.338 e. The van der Waals surface area contributed by atoms with Gasteiger partial charge in [-0.2, -0.15) is 0 Å². The van der Waals surface area contributed by atoms with Gasteiger partial charge in [-0.1, -0.05) is 6.07 Å². The second kappa shape index (κ2) is 5.25. The zero-order valence-corrected chi connectivity index (χ0v) is 9.63. The topological polar surface area (TPSA) is 58.6 Å². The molecule has 4 nitrogen and oxygen atoms in total. The maximum Gasteiger partial charge on any atom is 0.338 e. The maximum absolute atomic E-state index is 11.1. The third kappa shape index (κ3) is 3.62. The summed E-state index contributed by atoms with van der Waals surface area (Å²) in [5.41, 5.74) is -1.47. The average Bonchev–Trinajstić information content (AvgIpc) is 2.69. The van der Waals surface area contributed by atoms with Crippen LogP contribution in [0.3, 0.4) is 0 Å². The first-order valence-corrected chi connectivity index (χ1v) is 5.48. The van der Waals surface area contributed by atoms with Crippen LogP contribution in [0.5, 0.6) is 0 Å². The number of carbonyl (C=O) groups is 1. The summed E-state index contributed by atoms with van der Waals surface area (Å²) in [6, 6.07) is 3.95. The first-order valence-electron chi connectivity index (χ1n) is 4.60. The molecule has 1 heterocycles. The van der Waals surface area contributed by atoms with Crippen LogP contribution in [0.25, 0.3) is 0 Å². The Labute approximate surface area is 92.9 Å². The Kier molecular flexibility index (Phi) is 4.26. The van der Waals surface area contributed by atoms with E-state index in [2.05, 4.69) is 10.1 Å². The van der Waals surface area contributed by atoms with Gasteiger partial charge in [0.05, 0.1) is 7.11 Å². The summed E-state index contributed by atoms with van der Waals surface area (Å²) in [4.78, 5) is 12.3. The lowest BCUT2D eigenvalue weighted by Gasteiger charge is -2.20. The quantitative estimate of drug-likeness (QED) is 0.732. The van der Waals surface area contributed by atoms with Crippen molar-refractivity contribution in [3.63, 3.8) is 0 Å².